The Morgan fingerprint density at radius 1 is 0.967 bits per heavy atom. The number of benzene rings is 2. The van der Waals surface area contributed by atoms with Crippen molar-refractivity contribution in [3.05, 3.63) is 54.9 Å². The molecule has 0 unspecified atom stereocenters. The minimum Gasteiger partial charge on any atom is -0.378 e. The van der Waals surface area contributed by atoms with Gasteiger partial charge in [-0.25, -0.2) is 4.98 Å². The second kappa shape index (κ2) is 8.08. The van der Waals surface area contributed by atoms with Crippen molar-refractivity contribution in [3.63, 3.8) is 0 Å². The fourth-order valence-electron chi connectivity index (χ4n) is 2.95. The summed E-state index contributed by atoms with van der Waals surface area (Å²) in [4.78, 5) is 29.7. The number of fused-ring (bicyclic) bond motifs is 1. The Hall–Kier alpha value is -4.14. The van der Waals surface area contributed by atoms with Gasteiger partial charge in [0.05, 0.1) is 6.33 Å². The third-order valence-electron chi connectivity index (χ3n) is 4.37. The van der Waals surface area contributed by atoms with E-state index in [0.717, 1.165) is 22.7 Å². The summed E-state index contributed by atoms with van der Waals surface area (Å²) in [6, 6.07) is 15.3. The fourth-order valence-corrected chi connectivity index (χ4v) is 2.95. The lowest BCUT2D eigenvalue weighted by molar-refractivity contribution is -0.114. The van der Waals surface area contributed by atoms with E-state index in [4.69, 9.17) is 0 Å². The number of amides is 1. The molecule has 0 saturated carbocycles. The molecule has 0 bridgehead atoms. The van der Waals surface area contributed by atoms with Crippen molar-refractivity contribution in [2.24, 2.45) is 0 Å². The van der Waals surface area contributed by atoms with Gasteiger partial charge in [0.25, 0.3) is 0 Å². The predicted molar refractivity (Wildman–Crippen MR) is 120 cm³/mol. The highest BCUT2D eigenvalue weighted by atomic mass is 16.1. The number of carbonyl (C=O) groups is 1. The van der Waals surface area contributed by atoms with Crippen LogP contribution in [0.15, 0.2) is 54.9 Å². The number of anilines is 6. The van der Waals surface area contributed by atoms with E-state index in [9.17, 15) is 4.79 Å². The van der Waals surface area contributed by atoms with Gasteiger partial charge < -0.3 is 25.8 Å². The van der Waals surface area contributed by atoms with E-state index in [2.05, 4.69) is 35.9 Å². The normalized spacial score (nSPS) is 10.6. The van der Waals surface area contributed by atoms with Crippen LogP contribution in [0, 0.1) is 0 Å². The molecular formula is C21H22N8O. The first-order valence-corrected chi connectivity index (χ1v) is 9.38. The number of nitrogens with one attached hydrogen (secondary N) is 4. The van der Waals surface area contributed by atoms with Crippen LogP contribution in [0.3, 0.4) is 0 Å². The van der Waals surface area contributed by atoms with Gasteiger partial charge in [-0.1, -0.05) is 6.07 Å². The molecule has 9 nitrogen and oxygen atoms in total. The Labute approximate surface area is 173 Å². The van der Waals surface area contributed by atoms with Gasteiger partial charge in [0.15, 0.2) is 11.5 Å². The maximum Gasteiger partial charge on any atom is 0.231 e. The summed E-state index contributed by atoms with van der Waals surface area (Å²) in [5.41, 5.74) is 4.74. The van der Waals surface area contributed by atoms with Crippen LogP contribution in [0.25, 0.3) is 11.2 Å². The summed E-state index contributed by atoms with van der Waals surface area (Å²) >= 11 is 0. The van der Waals surface area contributed by atoms with Crippen molar-refractivity contribution < 1.29 is 4.79 Å². The van der Waals surface area contributed by atoms with E-state index in [0.29, 0.717) is 22.9 Å². The van der Waals surface area contributed by atoms with Crippen LogP contribution >= 0.6 is 0 Å². The predicted octanol–water partition coefficient (Wildman–Crippen LogP) is 3.86. The van der Waals surface area contributed by atoms with Gasteiger partial charge in [-0.2, -0.15) is 9.97 Å². The van der Waals surface area contributed by atoms with Crippen molar-refractivity contribution >= 4 is 51.6 Å². The number of aromatic nitrogens is 4. The molecule has 4 rings (SSSR count). The molecule has 2 aromatic heterocycles. The summed E-state index contributed by atoms with van der Waals surface area (Å²) in [5.74, 6) is 0.915. The average Bonchev–Trinajstić information content (AvgIpc) is 3.18. The number of hydrogen-bond acceptors (Lipinski definition) is 7. The van der Waals surface area contributed by atoms with Crippen LogP contribution in [0.2, 0.25) is 0 Å². The van der Waals surface area contributed by atoms with Crippen LogP contribution in [-0.4, -0.2) is 39.9 Å². The molecule has 2 aromatic carbocycles. The Kier molecular flexibility index (Phi) is 5.17. The zero-order chi connectivity index (χ0) is 21.1. The van der Waals surface area contributed by atoms with Crippen LogP contribution in [0.1, 0.15) is 6.92 Å². The van der Waals surface area contributed by atoms with Crippen LogP contribution in [0.4, 0.5) is 34.5 Å². The van der Waals surface area contributed by atoms with Gasteiger partial charge >= 0.3 is 0 Å². The molecule has 0 radical (unpaired) electrons. The Bertz CT molecular complexity index is 1180. The van der Waals surface area contributed by atoms with E-state index in [1.165, 1.54) is 6.92 Å². The highest BCUT2D eigenvalue weighted by Crippen LogP contribution is 2.26. The molecule has 0 aliphatic carbocycles. The number of aromatic amines is 1. The molecule has 0 atom stereocenters. The first-order valence-electron chi connectivity index (χ1n) is 9.38. The number of nitrogens with zero attached hydrogens (tertiary/aromatic N) is 4. The molecule has 2 heterocycles. The number of imidazole rings is 1. The van der Waals surface area contributed by atoms with E-state index in [1.54, 1.807) is 6.33 Å². The molecule has 0 spiro atoms. The van der Waals surface area contributed by atoms with Crippen molar-refractivity contribution in [2.75, 3.05) is 34.9 Å². The summed E-state index contributed by atoms with van der Waals surface area (Å²) in [6.07, 6.45) is 1.58. The zero-order valence-corrected chi connectivity index (χ0v) is 16.9. The fraction of sp³-hybridized carbons (Fsp3) is 0.143. The second-order valence-corrected chi connectivity index (χ2v) is 6.95. The minimum atomic E-state index is -0.111. The Morgan fingerprint density at radius 2 is 1.73 bits per heavy atom. The zero-order valence-electron chi connectivity index (χ0n) is 16.9. The molecule has 4 N–H and O–H groups in total. The number of rotatable bonds is 6. The molecular weight excluding hydrogens is 380 g/mol. The number of carbonyl (C=O) groups excluding carboxylic acids is 1. The molecule has 30 heavy (non-hydrogen) atoms. The summed E-state index contributed by atoms with van der Waals surface area (Å²) in [7, 11) is 3.98. The van der Waals surface area contributed by atoms with Crippen LogP contribution in [0.5, 0.6) is 0 Å². The average molecular weight is 402 g/mol. The third-order valence-corrected chi connectivity index (χ3v) is 4.37. The molecule has 4 aromatic rings. The molecule has 0 aliphatic heterocycles. The second-order valence-electron chi connectivity index (χ2n) is 6.95. The lowest BCUT2D eigenvalue weighted by Crippen LogP contribution is -2.09. The number of H-pyrrole nitrogens is 1. The van der Waals surface area contributed by atoms with Crippen LogP contribution in [-0.2, 0) is 4.79 Å². The van der Waals surface area contributed by atoms with Gasteiger partial charge in [0.2, 0.25) is 11.9 Å². The highest BCUT2D eigenvalue weighted by molar-refractivity contribution is 5.89. The van der Waals surface area contributed by atoms with Crippen molar-refractivity contribution in [1.29, 1.82) is 0 Å². The lowest BCUT2D eigenvalue weighted by Gasteiger charge is -2.14. The van der Waals surface area contributed by atoms with Gasteiger partial charge in [-0.15, -0.1) is 0 Å². The maximum atomic E-state index is 11.2. The van der Waals surface area contributed by atoms with Gasteiger partial charge in [-0.05, 0) is 42.5 Å². The van der Waals surface area contributed by atoms with E-state index in [1.807, 2.05) is 67.5 Å². The van der Waals surface area contributed by atoms with Crippen LogP contribution < -0.4 is 20.9 Å². The molecule has 152 valence electrons. The van der Waals surface area contributed by atoms with Gasteiger partial charge in [0, 0.05) is 43.8 Å². The standard InChI is InChI=1S/C21H22N8O/c1-13(30)24-14-7-9-15(10-8-14)25-20-18-19(23-12-22-18)27-21(28-20)26-16-5-4-6-17(11-16)29(2)3/h4-12H,1-3H3,(H,24,30)(H3,22,23,25,26,27,28). The monoisotopic (exact) mass is 402 g/mol. The highest BCUT2D eigenvalue weighted by Gasteiger charge is 2.11. The van der Waals surface area contributed by atoms with Gasteiger partial charge in [0.1, 0.15) is 5.52 Å². The smallest absolute Gasteiger partial charge is 0.231 e. The summed E-state index contributed by atoms with van der Waals surface area (Å²) in [5, 5.41) is 9.28. The van der Waals surface area contributed by atoms with Crippen molar-refractivity contribution in [1.82, 2.24) is 19.9 Å². The van der Waals surface area contributed by atoms with Crippen molar-refractivity contribution in [2.45, 2.75) is 6.92 Å². The lowest BCUT2D eigenvalue weighted by atomic mass is 10.2. The minimum absolute atomic E-state index is 0.111. The summed E-state index contributed by atoms with van der Waals surface area (Å²) in [6.45, 7) is 1.48. The summed E-state index contributed by atoms with van der Waals surface area (Å²) < 4.78 is 0. The van der Waals surface area contributed by atoms with E-state index in [-0.39, 0.29) is 5.91 Å². The topological polar surface area (TPSA) is 111 Å². The molecule has 0 fully saturated rings. The molecule has 9 heteroatoms. The quantitative estimate of drug-likeness (QED) is 0.387. The van der Waals surface area contributed by atoms with Crippen molar-refractivity contribution in [3.8, 4) is 0 Å². The van der Waals surface area contributed by atoms with Gasteiger partial charge in [-0.3, -0.25) is 4.79 Å². The third kappa shape index (κ3) is 4.30. The maximum absolute atomic E-state index is 11.2. The Balaban J connectivity index is 1.61. The molecule has 1 amide bonds. The number of hydrogen-bond donors (Lipinski definition) is 4. The SMILES string of the molecule is CC(=O)Nc1ccc(Nc2nc(Nc3cccc(N(C)C)c3)nc3nc[nH]c23)cc1. The molecule has 0 aliphatic rings. The Morgan fingerprint density at radius 3 is 2.47 bits per heavy atom. The van der Waals surface area contributed by atoms with E-state index < -0.39 is 0 Å². The largest absolute Gasteiger partial charge is 0.378 e. The first-order chi connectivity index (χ1) is 14.5. The molecule has 0 saturated heterocycles. The first kappa shape index (κ1) is 19.2. The van der Waals surface area contributed by atoms with E-state index >= 15 is 0 Å².